The van der Waals surface area contributed by atoms with Crippen molar-refractivity contribution in [3.8, 4) is 11.5 Å². The highest BCUT2D eigenvalue weighted by Crippen LogP contribution is 2.30. The molecule has 0 radical (unpaired) electrons. The van der Waals surface area contributed by atoms with Gasteiger partial charge in [-0.3, -0.25) is 19.2 Å². The molecule has 5 heteroatoms. The number of rotatable bonds is 4. The van der Waals surface area contributed by atoms with Crippen molar-refractivity contribution in [3.63, 3.8) is 0 Å². The first-order valence-corrected chi connectivity index (χ1v) is 8.87. The van der Waals surface area contributed by atoms with Crippen LogP contribution in [0, 0.1) is 5.92 Å². The fourth-order valence-corrected chi connectivity index (χ4v) is 2.71. The Labute approximate surface area is 157 Å². The lowest BCUT2D eigenvalue weighted by atomic mass is 10.1. The number of hydrogen-bond donors (Lipinski definition) is 0. The topological polar surface area (TPSA) is 77.5 Å². The molecule has 5 nitrogen and oxygen atoms in total. The highest BCUT2D eigenvalue weighted by molar-refractivity contribution is 6.24. The first-order valence-electron chi connectivity index (χ1n) is 8.87. The number of Topliss-reactive ketones (excluding diaryl/α,β-unsaturated/α-hetero) is 3. The second-order valence-corrected chi connectivity index (χ2v) is 6.94. The molecule has 27 heavy (non-hydrogen) atoms. The zero-order valence-electron chi connectivity index (χ0n) is 15.3. The van der Waals surface area contributed by atoms with E-state index in [0.29, 0.717) is 34.5 Å². The third kappa shape index (κ3) is 4.37. The number of ether oxygens (including phenoxy) is 1. The van der Waals surface area contributed by atoms with Gasteiger partial charge in [0.05, 0.1) is 6.42 Å². The monoisotopic (exact) mass is 364 g/mol. The number of ketones is 3. The summed E-state index contributed by atoms with van der Waals surface area (Å²) < 4.78 is 5.65. The molecular weight excluding hydrogens is 344 g/mol. The van der Waals surface area contributed by atoms with Gasteiger partial charge in [0.2, 0.25) is 0 Å². The van der Waals surface area contributed by atoms with Crippen LogP contribution in [-0.2, 0) is 0 Å². The van der Waals surface area contributed by atoms with Crippen LogP contribution in [0.25, 0.3) is 0 Å². The Morgan fingerprint density at radius 3 is 2.19 bits per heavy atom. The largest absolute Gasteiger partial charge is 0.457 e. The van der Waals surface area contributed by atoms with E-state index in [9.17, 15) is 19.2 Å². The maximum absolute atomic E-state index is 11.7. The van der Waals surface area contributed by atoms with Gasteiger partial charge >= 0.3 is 0 Å². The summed E-state index contributed by atoms with van der Waals surface area (Å²) in [5.74, 6) is 1.19. The van der Waals surface area contributed by atoms with Crippen LogP contribution in [0.15, 0.2) is 36.4 Å². The third-order valence-electron chi connectivity index (χ3n) is 4.55. The van der Waals surface area contributed by atoms with Gasteiger partial charge in [-0.1, -0.05) is 19.8 Å². The highest BCUT2D eigenvalue weighted by atomic mass is 16.5. The van der Waals surface area contributed by atoms with E-state index in [0.717, 1.165) is 5.92 Å². The molecule has 4 rings (SSSR count). The van der Waals surface area contributed by atoms with E-state index in [1.807, 2.05) is 0 Å². The molecule has 0 saturated heterocycles. The Kier molecular flexibility index (Phi) is 5.31. The molecule has 2 aromatic carbocycles. The van der Waals surface area contributed by atoms with Crippen LogP contribution in [-0.4, -0.2) is 23.6 Å². The number of hydrogen-bond acceptors (Lipinski definition) is 5. The van der Waals surface area contributed by atoms with E-state index in [1.165, 1.54) is 38.0 Å². The SMILES string of the molecule is CC(=O)c1cc(Oc2ccc3c(c2)C(=O)CC3=O)ccc1C=O.CC1CC1. The zero-order valence-corrected chi connectivity index (χ0v) is 15.3. The number of fused-ring (bicyclic) bond motifs is 1. The molecule has 2 aromatic rings. The Morgan fingerprint density at radius 1 is 1.00 bits per heavy atom. The van der Waals surface area contributed by atoms with E-state index >= 15 is 0 Å². The summed E-state index contributed by atoms with van der Waals surface area (Å²) in [6, 6.07) is 9.22. The molecule has 138 valence electrons. The van der Waals surface area contributed by atoms with Crippen LogP contribution >= 0.6 is 0 Å². The predicted octanol–water partition coefficient (Wildman–Crippen LogP) is 4.68. The maximum Gasteiger partial charge on any atom is 0.171 e. The van der Waals surface area contributed by atoms with Crippen LogP contribution in [0.1, 0.15) is 74.5 Å². The molecule has 0 unspecified atom stereocenters. The minimum Gasteiger partial charge on any atom is -0.457 e. The van der Waals surface area contributed by atoms with E-state index in [1.54, 1.807) is 18.2 Å². The second kappa shape index (κ2) is 7.66. The molecule has 1 fully saturated rings. The fraction of sp³-hybridized carbons (Fsp3) is 0.273. The van der Waals surface area contributed by atoms with E-state index < -0.39 is 0 Å². The molecule has 0 aromatic heterocycles. The maximum atomic E-state index is 11.7. The van der Waals surface area contributed by atoms with Gasteiger partial charge in [0.1, 0.15) is 11.5 Å². The summed E-state index contributed by atoms with van der Waals surface area (Å²) >= 11 is 0. The van der Waals surface area contributed by atoms with Gasteiger partial charge in [-0.05, 0) is 49.2 Å². The number of benzene rings is 2. The summed E-state index contributed by atoms with van der Waals surface area (Å²) in [6.07, 6.45) is 3.47. The number of carbonyl (C=O) groups excluding carboxylic acids is 4. The van der Waals surface area contributed by atoms with Crippen molar-refractivity contribution in [3.05, 3.63) is 58.7 Å². The van der Waals surface area contributed by atoms with Crippen LogP contribution in [0.3, 0.4) is 0 Å². The summed E-state index contributed by atoms with van der Waals surface area (Å²) in [4.78, 5) is 45.9. The Balaban J connectivity index is 0.000000466. The minimum absolute atomic E-state index is 0.110. The summed E-state index contributed by atoms with van der Waals surface area (Å²) in [5, 5.41) is 0. The van der Waals surface area contributed by atoms with Gasteiger partial charge in [-0.2, -0.15) is 0 Å². The summed E-state index contributed by atoms with van der Waals surface area (Å²) in [5.41, 5.74) is 1.32. The van der Waals surface area contributed by atoms with Gasteiger partial charge in [-0.15, -0.1) is 0 Å². The molecule has 0 amide bonds. The Morgan fingerprint density at radius 2 is 1.59 bits per heavy atom. The summed E-state index contributed by atoms with van der Waals surface area (Å²) in [7, 11) is 0. The molecule has 0 spiro atoms. The van der Waals surface area contributed by atoms with E-state index in [-0.39, 0.29) is 29.3 Å². The van der Waals surface area contributed by atoms with Crippen molar-refractivity contribution >= 4 is 23.6 Å². The van der Waals surface area contributed by atoms with Crippen molar-refractivity contribution in [1.29, 1.82) is 0 Å². The van der Waals surface area contributed by atoms with Crippen molar-refractivity contribution in [1.82, 2.24) is 0 Å². The highest BCUT2D eigenvalue weighted by Gasteiger charge is 2.27. The molecule has 0 atom stereocenters. The average Bonchev–Trinajstić information content (AvgIpc) is 3.38. The second-order valence-electron chi connectivity index (χ2n) is 6.94. The van der Waals surface area contributed by atoms with Gasteiger partial charge in [0.15, 0.2) is 23.6 Å². The van der Waals surface area contributed by atoms with Gasteiger partial charge in [0, 0.05) is 22.3 Å². The molecular formula is C22H20O5. The van der Waals surface area contributed by atoms with Gasteiger partial charge in [-0.25, -0.2) is 0 Å². The lowest BCUT2D eigenvalue weighted by molar-refractivity contribution is 0.0921. The van der Waals surface area contributed by atoms with E-state index in [2.05, 4.69) is 6.92 Å². The third-order valence-corrected chi connectivity index (χ3v) is 4.55. The Hall–Kier alpha value is -3.08. The quantitative estimate of drug-likeness (QED) is 0.447. The standard InChI is InChI=1S/C18H12O5.C4H8/c1-10(20)15-6-12(3-2-11(15)9-19)23-13-4-5-14-16(7-13)18(22)8-17(14)21;1-4-2-3-4/h2-7,9H,8H2,1H3;4H,2-3H2,1H3. The van der Waals surface area contributed by atoms with Crippen molar-refractivity contribution in [2.24, 2.45) is 5.92 Å². The molecule has 0 N–H and O–H groups in total. The van der Waals surface area contributed by atoms with Gasteiger partial charge in [0.25, 0.3) is 0 Å². The Bertz CT molecular complexity index is 929. The first kappa shape index (κ1) is 18.7. The molecule has 2 aliphatic rings. The molecule has 2 aliphatic carbocycles. The lowest BCUT2D eigenvalue weighted by Gasteiger charge is -2.09. The van der Waals surface area contributed by atoms with Crippen molar-refractivity contribution < 1.29 is 23.9 Å². The van der Waals surface area contributed by atoms with Crippen LogP contribution in [0.5, 0.6) is 11.5 Å². The number of carbonyl (C=O) groups is 4. The minimum atomic E-state index is -0.243. The van der Waals surface area contributed by atoms with E-state index in [4.69, 9.17) is 4.74 Å². The normalized spacial score (nSPS) is 14.9. The zero-order chi connectivity index (χ0) is 19.6. The smallest absolute Gasteiger partial charge is 0.171 e. The molecule has 0 bridgehead atoms. The molecule has 0 heterocycles. The summed E-state index contributed by atoms with van der Waals surface area (Å²) in [6.45, 7) is 3.64. The van der Waals surface area contributed by atoms with Crippen LogP contribution < -0.4 is 4.74 Å². The fourth-order valence-electron chi connectivity index (χ4n) is 2.71. The lowest BCUT2D eigenvalue weighted by Crippen LogP contribution is -1.99. The average molecular weight is 364 g/mol. The predicted molar refractivity (Wildman–Crippen MR) is 100 cm³/mol. The molecule has 0 aliphatic heterocycles. The number of aldehydes is 1. The van der Waals surface area contributed by atoms with Crippen molar-refractivity contribution in [2.75, 3.05) is 0 Å². The van der Waals surface area contributed by atoms with Crippen LogP contribution in [0.4, 0.5) is 0 Å². The van der Waals surface area contributed by atoms with Crippen LogP contribution in [0.2, 0.25) is 0 Å². The first-order chi connectivity index (χ1) is 12.9. The van der Waals surface area contributed by atoms with Crippen molar-refractivity contribution in [2.45, 2.75) is 33.1 Å². The van der Waals surface area contributed by atoms with Gasteiger partial charge < -0.3 is 4.74 Å². The molecule has 1 saturated carbocycles.